The van der Waals surface area contributed by atoms with E-state index in [-0.39, 0.29) is 12.0 Å². The first-order chi connectivity index (χ1) is 17.7. The van der Waals surface area contributed by atoms with Crippen molar-refractivity contribution in [3.8, 4) is 0 Å². The summed E-state index contributed by atoms with van der Waals surface area (Å²) in [5, 5.41) is 21.7. The molecule has 2 heterocycles. The van der Waals surface area contributed by atoms with Crippen LogP contribution in [0.4, 0.5) is 10.5 Å². The third kappa shape index (κ3) is 7.17. The number of carbonyl (C=O) groups excluding carboxylic acids is 2. The summed E-state index contributed by atoms with van der Waals surface area (Å²) in [6, 6.07) is 5.14. The van der Waals surface area contributed by atoms with Crippen molar-refractivity contribution < 1.29 is 34.1 Å². The van der Waals surface area contributed by atoms with Gasteiger partial charge in [0, 0.05) is 37.4 Å². The summed E-state index contributed by atoms with van der Waals surface area (Å²) in [6.07, 6.45) is 3.49. The molecule has 210 valence electrons. The highest BCUT2D eigenvalue weighted by molar-refractivity contribution is 5.95. The highest BCUT2D eigenvalue weighted by Crippen LogP contribution is 2.33. The standard InChI is InChI=1S/C28H41N3O7/c1-27(2,3)38-26(37)31-16-12-19(13-17-31)18-10-14-30(15-11-18)23(32)20-6-8-21(9-7-20)29-22(24(33)34)28(4,5)25(35)36/h6-9,18-19,22,29H,10-17H2,1-5H3,(H,33,34)(H,35,36)/t22-/m1/s1. The van der Waals surface area contributed by atoms with Gasteiger partial charge in [-0.1, -0.05) is 0 Å². The first-order valence-corrected chi connectivity index (χ1v) is 13.3. The largest absolute Gasteiger partial charge is 0.481 e. The molecule has 10 nitrogen and oxygen atoms in total. The Balaban J connectivity index is 1.50. The van der Waals surface area contributed by atoms with Crippen molar-refractivity contribution in [2.45, 2.75) is 71.9 Å². The van der Waals surface area contributed by atoms with Crippen LogP contribution in [0.15, 0.2) is 24.3 Å². The lowest BCUT2D eigenvalue weighted by molar-refractivity contribution is -0.154. The Hall–Kier alpha value is -3.30. The number of nitrogens with one attached hydrogen (secondary N) is 1. The zero-order chi connectivity index (χ0) is 28.3. The Morgan fingerprint density at radius 2 is 1.32 bits per heavy atom. The Morgan fingerprint density at radius 3 is 1.74 bits per heavy atom. The summed E-state index contributed by atoms with van der Waals surface area (Å²) in [4.78, 5) is 52.2. The first-order valence-electron chi connectivity index (χ1n) is 13.3. The number of piperidine rings is 2. The van der Waals surface area contributed by atoms with Crippen molar-refractivity contribution in [3.63, 3.8) is 0 Å². The predicted molar refractivity (Wildman–Crippen MR) is 142 cm³/mol. The van der Waals surface area contributed by atoms with E-state index in [1.165, 1.54) is 13.8 Å². The molecule has 1 atom stereocenters. The minimum atomic E-state index is -1.53. The molecule has 0 unspecified atom stereocenters. The molecule has 0 saturated carbocycles. The Kier molecular flexibility index (Phi) is 8.94. The number of benzene rings is 1. The summed E-state index contributed by atoms with van der Waals surface area (Å²) in [5.74, 6) is -1.50. The van der Waals surface area contributed by atoms with Crippen molar-refractivity contribution >= 4 is 29.6 Å². The summed E-state index contributed by atoms with van der Waals surface area (Å²) >= 11 is 0. The summed E-state index contributed by atoms with van der Waals surface area (Å²) in [6.45, 7) is 11.1. The van der Waals surface area contributed by atoms with Gasteiger partial charge in [-0.15, -0.1) is 0 Å². The van der Waals surface area contributed by atoms with Crippen molar-refractivity contribution in [1.29, 1.82) is 0 Å². The molecule has 0 aliphatic carbocycles. The van der Waals surface area contributed by atoms with Crippen LogP contribution in [-0.2, 0) is 14.3 Å². The number of ether oxygens (including phenoxy) is 1. The SMILES string of the molecule is CC(C)(C)OC(=O)N1CCC(C2CCN(C(=O)c3ccc(N[C@H](C(=O)O)C(C)(C)C(=O)O)cc3)CC2)CC1. The number of carboxylic acids is 2. The van der Waals surface area contributed by atoms with Gasteiger partial charge in [-0.25, -0.2) is 9.59 Å². The van der Waals surface area contributed by atoms with Gasteiger partial charge in [0.2, 0.25) is 0 Å². The van der Waals surface area contributed by atoms with Crippen LogP contribution >= 0.6 is 0 Å². The van der Waals surface area contributed by atoms with E-state index in [1.54, 1.807) is 29.2 Å². The van der Waals surface area contributed by atoms with Crippen LogP contribution < -0.4 is 5.32 Å². The summed E-state index contributed by atoms with van der Waals surface area (Å²) < 4.78 is 5.49. The smallest absolute Gasteiger partial charge is 0.410 e. The van der Waals surface area contributed by atoms with Gasteiger partial charge in [-0.05, 0) is 96.4 Å². The van der Waals surface area contributed by atoms with Gasteiger partial charge in [-0.3, -0.25) is 9.59 Å². The molecule has 2 aliphatic rings. The van der Waals surface area contributed by atoms with E-state index in [1.807, 2.05) is 25.7 Å². The second-order valence-electron chi connectivity index (χ2n) is 12.0. The number of anilines is 1. The number of nitrogens with zero attached hydrogens (tertiary/aromatic N) is 2. The normalized spacial score (nSPS) is 18.6. The van der Waals surface area contributed by atoms with Crippen molar-refractivity contribution in [2.75, 3.05) is 31.5 Å². The van der Waals surface area contributed by atoms with Gasteiger partial charge in [0.25, 0.3) is 5.91 Å². The molecule has 2 saturated heterocycles. The van der Waals surface area contributed by atoms with Crippen LogP contribution in [0.2, 0.25) is 0 Å². The fourth-order valence-corrected chi connectivity index (χ4v) is 5.19. The molecule has 2 amide bonds. The predicted octanol–water partition coefficient (Wildman–Crippen LogP) is 4.16. The number of aliphatic carboxylic acids is 2. The van der Waals surface area contributed by atoms with Gasteiger partial charge in [0.15, 0.2) is 0 Å². The van der Waals surface area contributed by atoms with Crippen molar-refractivity contribution in [3.05, 3.63) is 29.8 Å². The molecule has 38 heavy (non-hydrogen) atoms. The molecule has 3 N–H and O–H groups in total. The number of carbonyl (C=O) groups is 4. The van der Waals surface area contributed by atoms with Crippen LogP contribution in [0, 0.1) is 17.3 Å². The average Bonchev–Trinajstić information content (AvgIpc) is 2.86. The fraction of sp³-hybridized carbons (Fsp3) is 0.643. The Labute approximate surface area is 224 Å². The molecule has 3 rings (SSSR count). The molecule has 0 radical (unpaired) electrons. The topological polar surface area (TPSA) is 136 Å². The lowest BCUT2D eigenvalue weighted by Crippen LogP contribution is -2.47. The molecule has 1 aromatic carbocycles. The maximum atomic E-state index is 13.1. The number of rotatable bonds is 7. The third-order valence-corrected chi connectivity index (χ3v) is 7.65. The van der Waals surface area contributed by atoms with Crippen LogP contribution in [-0.4, -0.2) is 81.8 Å². The maximum absolute atomic E-state index is 13.1. The van der Waals surface area contributed by atoms with E-state index < -0.39 is 29.0 Å². The van der Waals surface area contributed by atoms with Crippen LogP contribution in [0.1, 0.15) is 70.7 Å². The number of hydrogen-bond donors (Lipinski definition) is 3. The van der Waals surface area contributed by atoms with Crippen LogP contribution in [0.3, 0.4) is 0 Å². The Morgan fingerprint density at radius 1 is 0.842 bits per heavy atom. The monoisotopic (exact) mass is 531 g/mol. The quantitative estimate of drug-likeness (QED) is 0.477. The lowest BCUT2D eigenvalue weighted by atomic mass is 9.79. The van der Waals surface area contributed by atoms with E-state index in [0.29, 0.717) is 49.3 Å². The van der Waals surface area contributed by atoms with Crippen molar-refractivity contribution in [1.82, 2.24) is 9.80 Å². The van der Waals surface area contributed by atoms with Gasteiger partial charge in [0.1, 0.15) is 11.6 Å². The van der Waals surface area contributed by atoms with Crippen LogP contribution in [0.5, 0.6) is 0 Å². The summed E-state index contributed by atoms with van der Waals surface area (Å²) in [7, 11) is 0. The molecule has 2 aliphatic heterocycles. The molecule has 0 bridgehead atoms. The highest BCUT2D eigenvalue weighted by atomic mass is 16.6. The molecular weight excluding hydrogens is 490 g/mol. The van der Waals surface area contributed by atoms with E-state index in [4.69, 9.17) is 4.74 Å². The van der Waals surface area contributed by atoms with Gasteiger partial charge in [0.05, 0.1) is 5.41 Å². The first kappa shape index (κ1) is 29.3. The highest BCUT2D eigenvalue weighted by Gasteiger charge is 2.42. The van der Waals surface area contributed by atoms with Crippen LogP contribution in [0.25, 0.3) is 0 Å². The van der Waals surface area contributed by atoms with E-state index in [0.717, 1.165) is 25.7 Å². The minimum absolute atomic E-state index is 0.0737. The Bertz CT molecular complexity index is 1020. The lowest BCUT2D eigenvalue weighted by Gasteiger charge is -2.40. The van der Waals surface area contributed by atoms with E-state index >= 15 is 0 Å². The molecule has 0 aromatic heterocycles. The molecular formula is C28H41N3O7. The number of hydrogen-bond acceptors (Lipinski definition) is 6. The fourth-order valence-electron chi connectivity index (χ4n) is 5.19. The second-order valence-corrected chi connectivity index (χ2v) is 12.0. The average molecular weight is 532 g/mol. The second kappa shape index (κ2) is 11.6. The van der Waals surface area contributed by atoms with Gasteiger partial charge >= 0.3 is 18.0 Å². The zero-order valence-electron chi connectivity index (χ0n) is 23.0. The minimum Gasteiger partial charge on any atom is -0.481 e. The van der Waals surface area contributed by atoms with Crippen molar-refractivity contribution in [2.24, 2.45) is 17.3 Å². The molecule has 0 spiro atoms. The number of amides is 2. The number of carboxylic acid groups (broad SMARTS) is 2. The third-order valence-electron chi connectivity index (χ3n) is 7.65. The summed E-state index contributed by atoms with van der Waals surface area (Å²) in [5.41, 5.74) is -1.09. The van der Waals surface area contributed by atoms with Gasteiger partial charge in [-0.2, -0.15) is 0 Å². The molecule has 10 heteroatoms. The van der Waals surface area contributed by atoms with E-state index in [9.17, 15) is 29.4 Å². The maximum Gasteiger partial charge on any atom is 0.410 e. The zero-order valence-corrected chi connectivity index (χ0v) is 23.0. The molecule has 2 fully saturated rings. The van der Waals surface area contributed by atoms with E-state index in [2.05, 4.69) is 5.32 Å². The molecule has 1 aromatic rings. The van der Waals surface area contributed by atoms with Gasteiger partial charge < -0.3 is 30.1 Å². The number of likely N-dealkylation sites (tertiary alicyclic amines) is 2.